The van der Waals surface area contributed by atoms with Crippen LogP contribution in [0.2, 0.25) is 0 Å². The van der Waals surface area contributed by atoms with Gasteiger partial charge in [0.2, 0.25) is 0 Å². The van der Waals surface area contributed by atoms with Crippen LogP contribution in [0, 0.1) is 12.8 Å². The predicted molar refractivity (Wildman–Crippen MR) is 150 cm³/mol. The molecule has 0 spiro atoms. The molecule has 5 rings (SSSR count). The van der Waals surface area contributed by atoms with Crippen molar-refractivity contribution in [2.75, 3.05) is 46.6 Å². The molecule has 0 unspecified atom stereocenters. The van der Waals surface area contributed by atoms with Crippen molar-refractivity contribution in [3.63, 3.8) is 0 Å². The maximum absolute atomic E-state index is 13.9. The zero-order valence-electron chi connectivity index (χ0n) is 23.0. The number of rotatable bonds is 4. The van der Waals surface area contributed by atoms with Crippen LogP contribution in [0.25, 0.3) is 21.9 Å². The minimum Gasteiger partial charge on any atom is -0.339 e. The van der Waals surface area contributed by atoms with E-state index in [0.29, 0.717) is 41.2 Å². The Labute approximate surface area is 227 Å². The molecule has 0 bridgehead atoms. The maximum atomic E-state index is 13.9. The molecule has 0 radical (unpaired) electrons. The number of imidazole rings is 1. The van der Waals surface area contributed by atoms with Crippen LogP contribution in [0.3, 0.4) is 0 Å². The van der Waals surface area contributed by atoms with E-state index in [9.17, 15) is 14.4 Å². The summed E-state index contributed by atoms with van der Waals surface area (Å²) in [5.41, 5.74) is 3.43. The molecule has 1 fully saturated rings. The summed E-state index contributed by atoms with van der Waals surface area (Å²) in [5.74, 6) is 1.22. The van der Waals surface area contributed by atoms with E-state index in [1.54, 1.807) is 65.0 Å². The van der Waals surface area contributed by atoms with Crippen molar-refractivity contribution < 1.29 is 14.4 Å². The predicted octanol–water partition coefficient (Wildman–Crippen LogP) is 3.87. The van der Waals surface area contributed by atoms with Gasteiger partial charge in [0.15, 0.2) is 0 Å². The van der Waals surface area contributed by atoms with E-state index in [1.807, 2.05) is 17.9 Å². The van der Waals surface area contributed by atoms with E-state index in [-0.39, 0.29) is 18.0 Å². The Kier molecular flexibility index (Phi) is 6.98. The van der Waals surface area contributed by atoms with Gasteiger partial charge in [0.1, 0.15) is 11.3 Å². The number of aromatic nitrogens is 4. The first-order valence-corrected chi connectivity index (χ1v) is 13.1. The third-order valence-electron chi connectivity index (χ3n) is 7.38. The van der Waals surface area contributed by atoms with Crippen LogP contribution in [-0.2, 0) is 6.54 Å². The second kappa shape index (κ2) is 10.4. The minimum atomic E-state index is -0.313. The fraction of sp³-hybridized carbons (Fsp3) is 0.393. The van der Waals surface area contributed by atoms with Crippen molar-refractivity contribution in [3.05, 3.63) is 54.2 Å². The monoisotopic (exact) mass is 530 g/mol. The lowest BCUT2D eigenvalue weighted by Crippen LogP contribution is -2.39. The molecular formula is C28H34N8O3. The van der Waals surface area contributed by atoms with Crippen LogP contribution >= 0.6 is 0 Å². The smallest absolute Gasteiger partial charge is 0.328 e. The molecular weight excluding hydrogens is 496 g/mol. The summed E-state index contributed by atoms with van der Waals surface area (Å²) in [6.45, 7) is 4.07. The van der Waals surface area contributed by atoms with E-state index < -0.39 is 0 Å². The summed E-state index contributed by atoms with van der Waals surface area (Å²) in [6.07, 6.45) is 6.88. The molecule has 39 heavy (non-hydrogen) atoms. The molecule has 1 saturated heterocycles. The Morgan fingerprint density at radius 1 is 1.03 bits per heavy atom. The molecule has 11 nitrogen and oxygen atoms in total. The third-order valence-corrected chi connectivity index (χ3v) is 7.38. The van der Waals surface area contributed by atoms with Crippen molar-refractivity contribution in [1.82, 2.24) is 33.8 Å². The molecule has 1 aliphatic rings. The average Bonchev–Trinajstić information content (AvgIpc) is 3.46. The number of piperidine rings is 1. The van der Waals surface area contributed by atoms with Crippen LogP contribution in [0.4, 0.5) is 15.3 Å². The molecule has 11 heteroatoms. The number of nitrogens with zero attached hydrogens (tertiary/aromatic N) is 7. The molecule has 204 valence electrons. The van der Waals surface area contributed by atoms with E-state index in [4.69, 9.17) is 0 Å². The zero-order chi connectivity index (χ0) is 27.8. The number of amides is 4. The maximum Gasteiger partial charge on any atom is 0.328 e. The number of hydrogen-bond donors (Lipinski definition) is 1. The number of carbonyl (C=O) groups excluding carboxylic acids is 3. The van der Waals surface area contributed by atoms with E-state index in [0.717, 1.165) is 36.2 Å². The van der Waals surface area contributed by atoms with Gasteiger partial charge in [-0.15, -0.1) is 0 Å². The first-order chi connectivity index (χ1) is 18.7. The second-order valence-electron chi connectivity index (χ2n) is 10.5. The van der Waals surface area contributed by atoms with Gasteiger partial charge in [-0.1, -0.05) is 6.07 Å². The Bertz CT molecular complexity index is 1560. The van der Waals surface area contributed by atoms with Crippen LogP contribution < -0.4 is 5.32 Å². The van der Waals surface area contributed by atoms with Crippen LogP contribution in [0.1, 0.15) is 29.0 Å². The van der Waals surface area contributed by atoms with Gasteiger partial charge in [0.05, 0.1) is 28.5 Å². The molecule has 1 aliphatic heterocycles. The van der Waals surface area contributed by atoms with Crippen molar-refractivity contribution in [1.29, 1.82) is 0 Å². The van der Waals surface area contributed by atoms with Crippen LogP contribution in [0.15, 0.2) is 42.9 Å². The Balaban J connectivity index is 1.40. The lowest BCUT2D eigenvalue weighted by molar-refractivity contribution is 0.0685. The number of pyridine rings is 1. The van der Waals surface area contributed by atoms with Gasteiger partial charge >= 0.3 is 12.1 Å². The Morgan fingerprint density at radius 2 is 1.77 bits per heavy atom. The third kappa shape index (κ3) is 4.91. The van der Waals surface area contributed by atoms with Crippen LogP contribution in [0.5, 0.6) is 0 Å². The fourth-order valence-electron chi connectivity index (χ4n) is 5.23. The number of fused-ring (bicyclic) bond motifs is 2. The fourth-order valence-corrected chi connectivity index (χ4v) is 5.23. The van der Waals surface area contributed by atoms with E-state index >= 15 is 0 Å². The van der Waals surface area contributed by atoms with Gasteiger partial charge in [-0.3, -0.25) is 14.3 Å². The van der Waals surface area contributed by atoms with Crippen molar-refractivity contribution in [3.8, 4) is 0 Å². The molecule has 0 aliphatic carbocycles. The highest BCUT2D eigenvalue weighted by Crippen LogP contribution is 2.32. The van der Waals surface area contributed by atoms with Crippen LogP contribution in [-0.4, -0.2) is 93.1 Å². The number of urea groups is 1. The van der Waals surface area contributed by atoms with Gasteiger partial charge in [-0.25, -0.2) is 14.6 Å². The SMILES string of the molecule is Cc1nc2cnccc2n1CC1CCN(C(=O)c2cn(C(=O)N(C)C)c3cccc(NC(=O)N(C)C)c23)CC1. The van der Waals surface area contributed by atoms with Gasteiger partial charge in [0.25, 0.3) is 5.91 Å². The molecule has 3 aromatic heterocycles. The molecule has 1 aromatic carbocycles. The number of aryl methyl sites for hydroxylation is 1. The largest absolute Gasteiger partial charge is 0.339 e. The zero-order valence-corrected chi connectivity index (χ0v) is 23.0. The number of benzene rings is 1. The summed E-state index contributed by atoms with van der Waals surface area (Å²) >= 11 is 0. The summed E-state index contributed by atoms with van der Waals surface area (Å²) in [6, 6.07) is 6.72. The highest BCUT2D eigenvalue weighted by Gasteiger charge is 2.29. The van der Waals surface area contributed by atoms with E-state index in [2.05, 4.69) is 19.9 Å². The number of likely N-dealkylation sites (tertiary alicyclic amines) is 1. The lowest BCUT2D eigenvalue weighted by Gasteiger charge is -2.32. The van der Waals surface area contributed by atoms with Gasteiger partial charge in [0, 0.05) is 65.6 Å². The molecule has 4 amide bonds. The summed E-state index contributed by atoms with van der Waals surface area (Å²) < 4.78 is 3.71. The Hall–Kier alpha value is -4.41. The summed E-state index contributed by atoms with van der Waals surface area (Å²) in [7, 11) is 6.63. The molecule has 0 atom stereocenters. The molecule has 4 heterocycles. The summed E-state index contributed by atoms with van der Waals surface area (Å²) in [5, 5.41) is 3.44. The highest BCUT2D eigenvalue weighted by molar-refractivity contribution is 6.15. The van der Waals surface area contributed by atoms with Crippen molar-refractivity contribution >= 4 is 45.6 Å². The normalized spacial score (nSPS) is 14.1. The quantitative estimate of drug-likeness (QED) is 0.431. The summed E-state index contributed by atoms with van der Waals surface area (Å²) in [4.78, 5) is 52.9. The topological polar surface area (TPSA) is 109 Å². The number of carbonyl (C=O) groups is 3. The highest BCUT2D eigenvalue weighted by atomic mass is 16.2. The van der Waals surface area contributed by atoms with Gasteiger partial charge < -0.3 is 24.6 Å². The molecule has 1 N–H and O–H groups in total. The minimum absolute atomic E-state index is 0.148. The number of anilines is 1. The molecule has 4 aromatic rings. The van der Waals surface area contributed by atoms with E-state index in [1.165, 1.54) is 14.4 Å². The van der Waals surface area contributed by atoms with Crippen molar-refractivity contribution in [2.24, 2.45) is 5.92 Å². The van der Waals surface area contributed by atoms with Gasteiger partial charge in [-0.2, -0.15) is 0 Å². The Morgan fingerprint density at radius 3 is 2.46 bits per heavy atom. The lowest BCUT2D eigenvalue weighted by atomic mass is 9.96. The molecule has 0 saturated carbocycles. The first kappa shape index (κ1) is 26.2. The van der Waals surface area contributed by atoms with Gasteiger partial charge in [-0.05, 0) is 43.9 Å². The standard InChI is InChI=1S/C28H34N8O3/c1-18-30-22-15-29-12-9-23(22)35(18)16-19-10-13-34(14-11-19)26(37)20-17-36(28(39)33(4)5)24-8-6-7-21(25(20)24)31-27(38)32(2)3/h6-9,12,15,17,19H,10-11,13-14,16H2,1-5H3,(H,31,38). The average molecular weight is 531 g/mol. The second-order valence-corrected chi connectivity index (χ2v) is 10.5. The number of hydrogen-bond acceptors (Lipinski definition) is 5. The first-order valence-electron chi connectivity index (χ1n) is 13.1. The van der Waals surface area contributed by atoms with Crippen molar-refractivity contribution in [2.45, 2.75) is 26.3 Å². The number of nitrogens with one attached hydrogen (secondary N) is 1.